The van der Waals surface area contributed by atoms with Crippen molar-refractivity contribution >= 4 is 23.6 Å². The highest BCUT2D eigenvalue weighted by Crippen LogP contribution is 2.38. The molecule has 0 spiro atoms. The van der Waals surface area contributed by atoms with Crippen LogP contribution in [0.2, 0.25) is 0 Å². The van der Waals surface area contributed by atoms with Gasteiger partial charge in [-0.3, -0.25) is 0 Å². The van der Waals surface area contributed by atoms with E-state index in [1.165, 1.54) is 0 Å². The highest BCUT2D eigenvalue weighted by atomic mass is 16.5. The number of carboxylic acids is 2. The number of likely N-dealkylation sites (N-methyl/N-ethyl adjacent to an activating group) is 1. The molecule has 0 saturated carbocycles. The molecule has 0 aliphatic heterocycles. The fourth-order valence-electron chi connectivity index (χ4n) is 3.02. The first-order valence-electron chi connectivity index (χ1n) is 9.53. The molecule has 160 valence electrons. The molecule has 1 unspecified atom stereocenters. The van der Waals surface area contributed by atoms with Gasteiger partial charge in [0.1, 0.15) is 6.10 Å². The van der Waals surface area contributed by atoms with Crippen molar-refractivity contribution in [2.24, 2.45) is 0 Å². The molecule has 0 fully saturated rings. The molecule has 7 nitrogen and oxygen atoms in total. The molecule has 1 aliphatic rings. The number of allylic oxidation sites excluding steroid dienone is 1. The van der Waals surface area contributed by atoms with Crippen molar-refractivity contribution < 1.29 is 24.5 Å². The zero-order valence-electron chi connectivity index (χ0n) is 17.4. The minimum absolute atomic E-state index is 0.149. The Balaban J connectivity index is 0.000000366. The average Bonchev–Trinajstić information content (AvgIpc) is 2.87. The summed E-state index contributed by atoms with van der Waals surface area (Å²) >= 11 is 0. The van der Waals surface area contributed by atoms with Crippen LogP contribution in [0.4, 0.5) is 0 Å². The van der Waals surface area contributed by atoms with E-state index in [1.807, 2.05) is 56.6 Å². The predicted molar refractivity (Wildman–Crippen MR) is 117 cm³/mol. The molecule has 1 atom stereocenters. The van der Waals surface area contributed by atoms with Gasteiger partial charge in [0.05, 0.1) is 18.2 Å². The van der Waals surface area contributed by atoms with Crippen LogP contribution in [0.3, 0.4) is 0 Å². The fourth-order valence-corrected chi connectivity index (χ4v) is 3.02. The van der Waals surface area contributed by atoms with Crippen molar-refractivity contribution in [3.63, 3.8) is 0 Å². The first-order chi connectivity index (χ1) is 14.8. The van der Waals surface area contributed by atoms with Crippen LogP contribution in [-0.4, -0.2) is 54.3 Å². The van der Waals surface area contributed by atoms with Gasteiger partial charge < -0.3 is 19.8 Å². The van der Waals surface area contributed by atoms with Crippen LogP contribution in [0, 0.1) is 11.3 Å². The van der Waals surface area contributed by atoms with Crippen LogP contribution in [0.5, 0.6) is 0 Å². The van der Waals surface area contributed by atoms with E-state index in [-0.39, 0.29) is 6.10 Å². The number of carbonyl (C=O) groups is 2. The van der Waals surface area contributed by atoms with Gasteiger partial charge >= 0.3 is 11.9 Å². The number of benzene rings is 2. The second kappa shape index (κ2) is 11.5. The smallest absolute Gasteiger partial charge is 0.328 e. The molecule has 0 heterocycles. The van der Waals surface area contributed by atoms with E-state index in [2.05, 4.69) is 23.1 Å². The molecular formula is C24H24N2O5. The molecule has 2 aromatic rings. The van der Waals surface area contributed by atoms with Crippen LogP contribution >= 0.6 is 0 Å². The van der Waals surface area contributed by atoms with Crippen molar-refractivity contribution in [3.05, 3.63) is 82.9 Å². The van der Waals surface area contributed by atoms with Gasteiger partial charge in [-0.25, -0.2) is 9.59 Å². The van der Waals surface area contributed by atoms with Crippen LogP contribution in [0.25, 0.3) is 11.6 Å². The fraction of sp³-hybridized carbons (Fsp3) is 0.208. The third kappa shape index (κ3) is 6.93. The average molecular weight is 420 g/mol. The zero-order valence-corrected chi connectivity index (χ0v) is 17.4. The normalized spacial score (nSPS) is 14.4. The molecule has 0 saturated heterocycles. The second-order valence-corrected chi connectivity index (χ2v) is 6.95. The molecular weight excluding hydrogens is 396 g/mol. The van der Waals surface area contributed by atoms with Gasteiger partial charge in [-0.2, -0.15) is 5.26 Å². The molecule has 0 amide bonds. The van der Waals surface area contributed by atoms with E-state index in [0.717, 1.165) is 28.8 Å². The minimum atomic E-state index is -1.26. The molecule has 1 aliphatic carbocycles. The van der Waals surface area contributed by atoms with Crippen LogP contribution in [0.15, 0.2) is 60.7 Å². The summed E-state index contributed by atoms with van der Waals surface area (Å²) < 4.78 is 6.24. The maximum atomic E-state index is 9.56. The Hall–Kier alpha value is -3.73. The number of aliphatic carboxylic acids is 2. The molecule has 2 aromatic carbocycles. The lowest BCUT2D eigenvalue weighted by Gasteiger charge is -2.22. The van der Waals surface area contributed by atoms with Gasteiger partial charge in [0.25, 0.3) is 0 Å². The van der Waals surface area contributed by atoms with Crippen molar-refractivity contribution in [2.75, 3.05) is 27.2 Å². The molecule has 7 heteroatoms. The summed E-state index contributed by atoms with van der Waals surface area (Å²) in [4.78, 5) is 21.2. The summed E-state index contributed by atoms with van der Waals surface area (Å²) in [5.41, 5.74) is 4.87. The quantitative estimate of drug-likeness (QED) is 0.689. The highest BCUT2D eigenvalue weighted by molar-refractivity contribution is 5.93. The Morgan fingerprint density at radius 3 is 2.19 bits per heavy atom. The molecule has 31 heavy (non-hydrogen) atoms. The summed E-state index contributed by atoms with van der Waals surface area (Å²) in [6.45, 7) is 1.50. The Morgan fingerprint density at radius 1 is 1.03 bits per heavy atom. The van der Waals surface area contributed by atoms with E-state index in [1.54, 1.807) is 0 Å². The number of nitriles is 1. The lowest BCUT2D eigenvalue weighted by atomic mass is 9.95. The third-order valence-electron chi connectivity index (χ3n) is 4.42. The van der Waals surface area contributed by atoms with E-state index in [4.69, 9.17) is 14.9 Å². The van der Waals surface area contributed by atoms with Gasteiger partial charge in [-0.1, -0.05) is 48.5 Å². The SMILES string of the molecule is CN(C)CCOC1c2ccccc2C=C(C#N)c2ccccc21.O=C(O)/C=C/C(=O)O. The van der Waals surface area contributed by atoms with Gasteiger partial charge in [0, 0.05) is 18.7 Å². The number of rotatable bonds is 6. The molecule has 0 radical (unpaired) electrons. The molecule has 3 rings (SSSR count). The molecule has 0 bridgehead atoms. The zero-order chi connectivity index (χ0) is 22.8. The third-order valence-corrected chi connectivity index (χ3v) is 4.42. The number of ether oxygens (including phenoxy) is 1. The Labute approximate surface area is 181 Å². The number of nitrogens with zero attached hydrogens (tertiary/aromatic N) is 2. The van der Waals surface area contributed by atoms with Crippen molar-refractivity contribution in [1.82, 2.24) is 4.90 Å². The lowest BCUT2D eigenvalue weighted by Crippen LogP contribution is -2.20. The van der Waals surface area contributed by atoms with Gasteiger partial charge in [0.15, 0.2) is 0 Å². The van der Waals surface area contributed by atoms with Crippen LogP contribution in [-0.2, 0) is 14.3 Å². The summed E-state index contributed by atoms with van der Waals surface area (Å²) in [5, 5.41) is 25.2. The standard InChI is InChI=1S/C20H20N2O.C4H4O4/c1-22(2)11-12-23-20-18-9-4-3-7-15(18)13-16(14-21)17-8-5-6-10-19(17)20;5-3(6)1-2-4(7)8/h3-10,13,20H,11-12H2,1-2H3;1-2H,(H,5,6)(H,7,8)/b;2-1+. The Bertz CT molecular complexity index is 1020. The summed E-state index contributed by atoms with van der Waals surface area (Å²) in [6, 6.07) is 18.5. The minimum Gasteiger partial charge on any atom is -0.478 e. The number of hydrogen-bond donors (Lipinski definition) is 2. The van der Waals surface area contributed by atoms with Gasteiger partial charge in [-0.05, 0) is 42.4 Å². The number of hydrogen-bond acceptors (Lipinski definition) is 5. The van der Waals surface area contributed by atoms with Crippen LogP contribution in [0.1, 0.15) is 28.4 Å². The summed E-state index contributed by atoms with van der Waals surface area (Å²) in [7, 11) is 4.07. The molecule has 0 aromatic heterocycles. The Morgan fingerprint density at radius 2 is 1.61 bits per heavy atom. The maximum Gasteiger partial charge on any atom is 0.328 e. The lowest BCUT2D eigenvalue weighted by molar-refractivity contribution is -0.134. The number of fused-ring (bicyclic) bond motifs is 2. The summed E-state index contributed by atoms with van der Waals surface area (Å²) in [5.74, 6) is -2.51. The monoisotopic (exact) mass is 420 g/mol. The maximum absolute atomic E-state index is 9.56. The first kappa shape index (κ1) is 23.5. The van der Waals surface area contributed by atoms with Crippen molar-refractivity contribution in [2.45, 2.75) is 6.10 Å². The highest BCUT2D eigenvalue weighted by Gasteiger charge is 2.24. The second-order valence-electron chi connectivity index (χ2n) is 6.95. The summed E-state index contributed by atoms with van der Waals surface area (Å²) in [6.07, 6.45) is 2.93. The topological polar surface area (TPSA) is 111 Å². The first-order valence-corrected chi connectivity index (χ1v) is 9.53. The van der Waals surface area contributed by atoms with Crippen molar-refractivity contribution in [1.29, 1.82) is 5.26 Å². The number of carboxylic acid groups (broad SMARTS) is 2. The van der Waals surface area contributed by atoms with E-state index in [9.17, 15) is 14.9 Å². The van der Waals surface area contributed by atoms with Gasteiger partial charge in [0.2, 0.25) is 0 Å². The van der Waals surface area contributed by atoms with E-state index in [0.29, 0.717) is 24.3 Å². The van der Waals surface area contributed by atoms with E-state index < -0.39 is 11.9 Å². The van der Waals surface area contributed by atoms with Gasteiger partial charge in [-0.15, -0.1) is 0 Å². The van der Waals surface area contributed by atoms with Crippen LogP contribution < -0.4 is 0 Å². The Kier molecular flexibility index (Phi) is 8.70. The largest absolute Gasteiger partial charge is 0.478 e. The van der Waals surface area contributed by atoms with Crippen molar-refractivity contribution in [3.8, 4) is 6.07 Å². The predicted octanol–water partition coefficient (Wildman–Crippen LogP) is 3.44. The van der Waals surface area contributed by atoms with E-state index >= 15 is 0 Å². The molecule has 2 N–H and O–H groups in total.